The first-order valence-electron chi connectivity index (χ1n) is 8.05. The van der Waals surface area contributed by atoms with Crippen molar-refractivity contribution >= 4 is 39.9 Å². The number of hydrazone groups is 1. The van der Waals surface area contributed by atoms with Crippen molar-refractivity contribution in [3.8, 4) is 0 Å². The molecule has 0 amide bonds. The fourth-order valence-corrected chi connectivity index (χ4v) is 3.13. The van der Waals surface area contributed by atoms with Gasteiger partial charge in [-0.25, -0.2) is 0 Å². The van der Waals surface area contributed by atoms with Gasteiger partial charge in [-0.2, -0.15) is 5.10 Å². The van der Waals surface area contributed by atoms with Gasteiger partial charge in [0.25, 0.3) is 0 Å². The highest BCUT2D eigenvalue weighted by Gasteiger charge is 2.16. The lowest BCUT2D eigenvalue weighted by atomic mass is 10.1. The molecule has 0 aromatic heterocycles. The molecular weight excluding hydrogens is 364 g/mol. The van der Waals surface area contributed by atoms with Crippen molar-refractivity contribution in [2.24, 2.45) is 5.10 Å². The first-order chi connectivity index (χ1) is 12.6. The highest BCUT2D eigenvalue weighted by atomic mass is 35.5. The first kappa shape index (κ1) is 18.2. The average molecular weight is 381 g/mol. The predicted molar refractivity (Wildman–Crippen MR) is 110 cm³/mol. The van der Waals surface area contributed by atoms with Crippen LogP contribution in [0.15, 0.2) is 88.9 Å². The molecule has 3 nitrogen and oxygen atoms in total. The van der Waals surface area contributed by atoms with E-state index in [1.807, 2.05) is 73.7 Å². The van der Waals surface area contributed by atoms with Crippen molar-refractivity contribution < 1.29 is 4.79 Å². The minimum atomic E-state index is -0.125. The van der Waals surface area contributed by atoms with E-state index in [9.17, 15) is 4.79 Å². The third-order valence-electron chi connectivity index (χ3n) is 3.60. The molecule has 3 aromatic rings. The molecule has 5 heteroatoms. The molecule has 0 spiro atoms. The number of rotatable bonds is 5. The van der Waals surface area contributed by atoms with Crippen LogP contribution in [0.5, 0.6) is 0 Å². The molecule has 0 aliphatic rings. The van der Waals surface area contributed by atoms with Gasteiger partial charge in [0.1, 0.15) is 0 Å². The summed E-state index contributed by atoms with van der Waals surface area (Å²) in [5, 5.41) is 5.37. The lowest BCUT2D eigenvalue weighted by molar-refractivity contribution is 0.106. The zero-order chi connectivity index (χ0) is 18.4. The van der Waals surface area contributed by atoms with Crippen molar-refractivity contribution in [3.05, 3.63) is 95.0 Å². The van der Waals surface area contributed by atoms with E-state index in [2.05, 4.69) is 10.5 Å². The molecule has 3 aromatic carbocycles. The Morgan fingerprint density at radius 3 is 2.23 bits per heavy atom. The summed E-state index contributed by atoms with van der Waals surface area (Å²) in [6.07, 6.45) is 0. The summed E-state index contributed by atoms with van der Waals surface area (Å²) in [5.41, 5.74) is 5.42. The number of aryl methyl sites for hydroxylation is 1. The van der Waals surface area contributed by atoms with Crippen LogP contribution in [0.3, 0.4) is 0 Å². The summed E-state index contributed by atoms with van der Waals surface area (Å²) in [6, 6.07) is 24.4. The van der Waals surface area contributed by atoms with Crippen LogP contribution in [0.25, 0.3) is 0 Å². The van der Waals surface area contributed by atoms with E-state index in [0.29, 0.717) is 15.6 Å². The second kappa shape index (κ2) is 8.70. The molecule has 0 bridgehead atoms. The largest absolute Gasteiger partial charge is 0.286 e. The van der Waals surface area contributed by atoms with Crippen molar-refractivity contribution in [1.29, 1.82) is 0 Å². The van der Waals surface area contributed by atoms with Crippen molar-refractivity contribution in [3.63, 3.8) is 0 Å². The molecule has 26 heavy (non-hydrogen) atoms. The van der Waals surface area contributed by atoms with E-state index in [1.54, 1.807) is 12.1 Å². The standard InChI is InChI=1S/C21H17ClN2OS/c1-15-7-9-16(10-8-15)20(25)21(26-19-5-3-2-4-6-19)24-23-18-13-11-17(22)12-14-18/h2-14,23H,1H3/b24-21-. The van der Waals surface area contributed by atoms with Gasteiger partial charge >= 0.3 is 0 Å². The summed E-state index contributed by atoms with van der Waals surface area (Å²) in [4.78, 5) is 13.9. The molecule has 0 saturated heterocycles. The molecule has 130 valence electrons. The van der Waals surface area contributed by atoms with Crippen LogP contribution in [-0.2, 0) is 0 Å². The van der Waals surface area contributed by atoms with Crippen LogP contribution >= 0.6 is 23.4 Å². The normalized spacial score (nSPS) is 11.2. The fraction of sp³-hybridized carbons (Fsp3) is 0.0476. The van der Waals surface area contributed by atoms with Crippen LogP contribution in [0.1, 0.15) is 15.9 Å². The first-order valence-corrected chi connectivity index (χ1v) is 9.25. The number of anilines is 1. The maximum absolute atomic E-state index is 12.9. The van der Waals surface area contributed by atoms with E-state index in [4.69, 9.17) is 11.6 Å². The van der Waals surface area contributed by atoms with Gasteiger partial charge in [0.2, 0.25) is 5.78 Å². The Labute approximate surface area is 162 Å². The Morgan fingerprint density at radius 2 is 1.58 bits per heavy atom. The third-order valence-corrected chi connectivity index (χ3v) is 4.83. The number of nitrogens with zero attached hydrogens (tertiary/aromatic N) is 1. The quantitative estimate of drug-likeness (QED) is 0.192. The minimum Gasteiger partial charge on any atom is -0.286 e. The minimum absolute atomic E-state index is 0.125. The number of carbonyl (C=O) groups is 1. The molecule has 0 aliphatic heterocycles. The molecule has 0 unspecified atom stereocenters. The number of carbonyl (C=O) groups excluding carboxylic acids is 1. The molecular formula is C21H17ClN2OS. The van der Waals surface area contributed by atoms with E-state index in [0.717, 1.165) is 16.1 Å². The second-order valence-corrected chi connectivity index (χ2v) is 7.14. The Kier molecular flexibility index (Phi) is 6.10. The van der Waals surface area contributed by atoms with Gasteiger partial charge in [0.05, 0.1) is 5.69 Å². The number of hydrogen-bond acceptors (Lipinski definition) is 4. The molecule has 3 rings (SSSR count). The summed E-state index contributed by atoms with van der Waals surface area (Å²) in [5.74, 6) is -0.125. The molecule has 0 heterocycles. The van der Waals surface area contributed by atoms with Crippen molar-refractivity contribution in [2.75, 3.05) is 5.43 Å². The van der Waals surface area contributed by atoms with E-state index < -0.39 is 0 Å². The zero-order valence-corrected chi connectivity index (χ0v) is 15.7. The van der Waals surface area contributed by atoms with Gasteiger partial charge in [-0.15, -0.1) is 0 Å². The van der Waals surface area contributed by atoms with Crippen molar-refractivity contribution in [2.45, 2.75) is 11.8 Å². The number of halogens is 1. The second-order valence-electron chi connectivity index (χ2n) is 5.65. The highest BCUT2D eigenvalue weighted by molar-refractivity contribution is 8.15. The van der Waals surface area contributed by atoms with Gasteiger partial charge < -0.3 is 0 Å². The molecule has 0 fully saturated rings. The number of thioether (sulfide) groups is 1. The van der Waals surface area contributed by atoms with Crippen LogP contribution in [0.4, 0.5) is 5.69 Å². The van der Waals surface area contributed by atoms with Gasteiger partial charge in [-0.05, 0) is 43.3 Å². The smallest absolute Gasteiger partial charge is 0.220 e. The number of ketones is 1. The summed E-state index contributed by atoms with van der Waals surface area (Å²) >= 11 is 7.23. The van der Waals surface area contributed by atoms with Crippen LogP contribution in [0.2, 0.25) is 5.02 Å². The molecule has 1 N–H and O–H groups in total. The van der Waals surface area contributed by atoms with Gasteiger partial charge in [0.15, 0.2) is 5.04 Å². The lowest BCUT2D eigenvalue weighted by Crippen LogP contribution is -2.13. The zero-order valence-electron chi connectivity index (χ0n) is 14.1. The maximum atomic E-state index is 12.9. The lowest BCUT2D eigenvalue weighted by Gasteiger charge is -2.08. The highest BCUT2D eigenvalue weighted by Crippen LogP contribution is 2.22. The number of hydrogen-bond donors (Lipinski definition) is 1. The van der Waals surface area contributed by atoms with E-state index in [1.165, 1.54) is 11.8 Å². The molecule has 0 radical (unpaired) electrons. The van der Waals surface area contributed by atoms with Gasteiger partial charge in [0, 0.05) is 15.5 Å². The van der Waals surface area contributed by atoms with E-state index in [-0.39, 0.29) is 5.78 Å². The monoisotopic (exact) mass is 380 g/mol. The van der Waals surface area contributed by atoms with Crippen LogP contribution in [-0.4, -0.2) is 10.8 Å². The van der Waals surface area contributed by atoms with Crippen LogP contribution < -0.4 is 5.43 Å². The van der Waals surface area contributed by atoms with Gasteiger partial charge in [-0.1, -0.05) is 71.4 Å². The predicted octanol–water partition coefficient (Wildman–Crippen LogP) is 6.05. The average Bonchev–Trinajstić information content (AvgIpc) is 2.67. The van der Waals surface area contributed by atoms with Crippen LogP contribution in [0, 0.1) is 6.92 Å². The topological polar surface area (TPSA) is 41.5 Å². The SMILES string of the molecule is Cc1ccc(C(=O)/C(=N/Nc2ccc(Cl)cc2)Sc2ccccc2)cc1. The Hall–Kier alpha value is -2.56. The third kappa shape index (κ3) is 4.97. The summed E-state index contributed by atoms with van der Waals surface area (Å²) in [6.45, 7) is 1.99. The maximum Gasteiger partial charge on any atom is 0.220 e. The number of Topliss-reactive ketones (excluding diaryl/α,β-unsaturated/α-hetero) is 1. The fourth-order valence-electron chi connectivity index (χ4n) is 2.19. The Bertz CT molecular complexity index is 907. The Balaban J connectivity index is 1.87. The summed E-state index contributed by atoms with van der Waals surface area (Å²) < 4.78 is 0. The Morgan fingerprint density at radius 1 is 0.923 bits per heavy atom. The number of nitrogens with one attached hydrogen (secondary N) is 1. The van der Waals surface area contributed by atoms with Gasteiger partial charge in [-0.3, -0.25) is 10.2 Å². The summed E-state index contributed by atoms with van der Waals surface area (Å²) in [7, 11) is 0. The molecule has 0 aliphatic carbocycles. The van der Waals surface area contributed by atoms with E-state index >= 15 is 0 Å². The van der Waals surface area contributed by atoms with Crippen molar-refractivity contribution in [1.82, 2.24) is 0 Å². The molecule has 0 atom stereocenters. The molecule has 0 saturated carbocycles. The number of benzene rings is 3.